The van der Waals surface area contributed by atoms with E-state index >= 15 is 0 Å². The minimum absolute atomic E-state index is 0.0230. The van der Waals surface area contributed by atoms with Crippen LogP contribution in [0, 0.1) is 5.92 Å². The molecule has 0 aliphatic carbocycles. The summed E-state index contributed by atoms with van der Waals surface area (Å²) in [7, 11) is 0. The van der Waals surface area contributed by atoms with Crippen molar-refractivity contribution >= 4 is 0 Å². The van der Waals surface area contributed by atoms with Crippen LogP contribution in [0.4, 0.5) is 0 Å². The fraction of sp³-hybridized carbons (Fsp3) is 0.273. The topological polar surface area (TPSA) is 18.5 Å². The molecule has 0 radical (unpaired) electrons. The predicted octanol–water partition coefficient (Wildman–Crippen LogP) is 2.24. The van der Waals surface area contributed by atoms with E-state index in [1.54, 1.807) is 6.26 Å². The molecule has 66 valence electrons. The fourth-order valence-electron chi connectivity index (χ4n) is 1.85. The Morgan fingerprint density at radius 2 is 1.92 bits per heavy atom. The molecule has 0 unspecified atom stereocenters. The van der Waals surface area contributed by atoms with Gasteiger partial charge >= 0.3 is 0 Å². The van der Waals surface area contributed by atoms with Gasteiger partial charge in [-0.1, -0.05) is 30.3 Å². The highest BCUT2D eigenvalue weighted by atomic mass is 16.7. The van der Waals surface area contributed by atoms with Crippen LogP contribution in [0.3, 0.4) is 0 Å². The molecule has 13 heavy (non-hydrogen) atoms. The van der Waals surface area contributed by atoms with Crippen molar-refractivity contribution in [2.45, 2.75) is 12.4 Å². The van der Waals surface area contributed by atoms with Crippen LogP contribution in [0.2, 0.25) is 0 Å². The molecule has 0 saturated carbocycles. The van der Waals surface area contributed by atoms with Gasteiger partial charge in [-0.25, -0.2) is 0 Å². The van der Waals surface area contributed by atoms with Gasteiger partial charge in [-0.2, -0.15) is 0 Å². The third-order valence-corrected chi connectivity index (χ3v) is 2.59. The zero-order chi connectivity index (χ0) is 8.67. The molecule has 2 aliphatic heterocycles. The maximum absolute atomic E-state index is 5.56. The van der Waals surface area contributed by atoms with Crippen molar-refractivity contribution in [3.8, 4) is 0 Å². The smallest absolute Gasteiger partial charge is 0.208 e. The standard InChI is InChI=1S/C11H10O2/c1-2-4-8(5-3-1)10-9-6-7-12-11(9)13-10/h1-7,9-11H/t9-,10+,11+/m1/s1. The lowest BCUT2D eigenvalue weighted by Crippen LogP contribution is -2.39. The highest BCUT2D eigenvalue weighted by Gasteiger charge is 2.45. The average molecular weight is 174 g/mol. The van der Waals surface area contributed by atoms with Gasteiger partial charge in [0.2, 0.25) is 6.29 Å². The summed E-state index contributed by atoms with van der Waals surface area (Å²) in [6.07, 6.45) is 3.99. The summed E-state index contributed by atoms with van der Waals surface area (Å²) in [5, 5.41) is 0. The van der Waals surface area contributed by atoms with Crippen LogP contribution in [0.5, 0.6) is 0 Å². The highest BCUT2D eigenvalue weighted by molar-refractivity contribution is 5.23. The maximum atomic E-state index is 5.56. The number of ether oxygens (including phenoxy) is 2. The number of hydrogen-bond acceptors (Lipinski definition) is 2. The Morgan fingerprint density at radius 1 is 1.08 bits per heavy atom. The SMILES string of the molecule is C1=C[C@H]2[C@@H](O1)O[C@H]2c1ccccc1. The van der Waals surface area contributed by atoms with E-state index in [9.17, 15) is 0 Å². The monoisotopic (exact) mass is 174 g/mol. The molecule has 2 heteroatoms. The third-order valence-electron chi connectivity index (χ3n) is 2.59. The number of fused-ring (bicyclic) bond motifs is 1. The van der Waals surface area contributed by atoms with Gasteiger partial charge in [-0.3, -0.25) is 0 Å². The van der Waals surface area contributed by atoms with E-state index in [1.165, 1.54) is 5.56 Å². The molecule has 0 spiro atoms. The first-order chi connectivity index (χ1) is 6.45. The molecule has 1 saturated heterocycles. The van der Waals surface area contributed by atoms with E-state index in [1.807, 2.05) is 18.2 Å². The minimum Gasteiger partial charge on any atom is -0.472 e. The lowest BCUT2D eigenvalue weighted by Gasteiger charge is -2.38. The quantitative estimate of drug-likeness (QED) is 0.650. The van der Waals surface area contributed by atoms with Gasteiger partial charge in [0.25, 0.3) is 0 Å². The highest BCUT2D eigenvalue weighted by Crippen LogP contribution is 2.45. The van der Waals surface area contributed by atoms with Crippen molar-refractivity contribution in [2.24, 2.45) is 5.92 Å². The van der Waals surface area contributed by atoms with E-state index in [-0.39, 0.29) is 12.4 Å². The third kappa shape index (κ3) is 0.988. The van der Waals surface area contributed by atoms with E-state index in [4.69, 9.17) is 9.47 Å². The summed E-state index contributed by atoms with van der Waals surface area (Å²) in [5.41, 5.74) is 1.24. The molecule has 3 atom stereocenters. The van der Waals surface area contributed by atoms with Gasteiger partial charge in [0, 0.05) is 0 Å². The first-order valence-electron chi connectivity index (χ1n) is 4.48. The minimum atomic E-state index is -0.0230. The summed E-state index contributed by atoms with van der Waals surface area (Å²) >= 11 is 0. The van der Waals surface area contributed by atoms with Crippen LogP contribution in [0.1, 0.15) is 11.7 Å². The fourth-order valence-corrected chi connectivity index (χ4v) is 1.85. The predicted molar refractivity (Wildman–Crippen MR) is 47.8 cm³/mol. The van der Waals surface area contributed by atoms with Crippen molar-refractivity contribution < 1.29 is 9.47 Å². The van der Waals surface area contributed by atoms with Crippen LogP contribution in [-0.4, -0.2) is 6.29 Å². The van der Waals surface area contributed by atoms with E-state index < -0.39 is 0 Å². The normalized spacial score (nSPS) is 34.9. The molecule has 1 fully saturated rings. The Labute approximate surface area is 76.8 Å². The lowest BCUT2D eigenvalue weighted by molar-refractivity contribution is -0.257. The van der Waals surface area contributed by atoms with Crippen molar-refractivity contribution in [2.75, 3.05) is 0 Å². The van der Waals surface area contributed by atoms with Gasteiger partial charge in [0.1, 0.15) is 0 Å². The first kappa shape index (κ1) is 7.15. The largest absolute Gasteiger partial charge is 0.472 e. The Hall–Kier alpha value is -1.28. The summed E-state index contributed by atoms with van der Waals surface area (Å²) in [6, 6.07) is 10.3. The molecule has 1 aromatic rings. The molecule has 2 nitrogen and oxygen atoms in total. The van der Waals surface area contributed by atoms with E-state index in [0.29, 0.717) is 5.92 Å². The molecule has 0 bridgehead atoms. The molecule has 0 aromatic heterocycles. The number of benzene rings is 1. The summed E-state index contributed by atoms with van der Waals surface area (Å²) in [5.74, 6) is 0.419. The zero-order valence-corrected chi connectivity index (χ0v) is 7.09. The Bertz CT molecular complexity index is 331. The van der Waals surface area contributed by atoms with Crippen molar-refractivity contribution in [1.29, 1.82) is 0 Å². The molecule has 2 heterocycles. The number of hydrogen-bond donors (Lipinski definition) is 0. The Balaban J connectivity index is 1.85. The average Bonchev–Trinajstić information content (AvgIpc) is 2.50. The molecular weight excluding hydrogens is 164 g/mol. The molecule has 3 rings (SSSR count). The van der Waals surface area contributed by atoms with E-state index in [2.05, 4.69) is 18.2 Å². The lowest BCUT2D eigenvalue weighted by atomic mass is 9.91. The van der Waals surface area contributed by atoms with Gasteiger partial charge in [0.15, 0.2) is 0 Å². The molecule has 0 amide bonds. The second-order valence-electron chi connectivity index (χ2n) is 3.38. The second kappa shape index (κ2) is 2.60. The second-order valence-corrected chi connectivity index (χ2v) is 3.38. The van der Waals surface area contributed by atoms with Crippen LogP contribution < -0.4 is 0 Å². The van der Waals surface area contributed by atoms with Crippen LogP contribution in [0.15, 0.2) is 42.7 Å². The van der Waals surface area contributed by atoms with Crippen molar-refractivity contribution in [3.05, 3.63) is 48.2 Å². The van der Waals surface area contributed by atoms with Crippen LogP contribution >= 0.6 is 0 Å². The zero-order valence-electron chi connectivity index (χ0n) is 7.09. The molecule has 1 aromatic carbocycles. The molecule has 2 aliphatic rings. The maximum Gasteiger partial charge on any atom is 0.208 e. The number of rotatable bonds is 1. The first-order valence-corrected chi connectivity index (χ1v) is 4.48. The molecular formula is C11H10O2. The van der Waals surface area contributed by atoms with Crippen LogP contribution in [-0.2, 0) is 9.47 Å². The summed E-state index contributed by atoms with van der Waals surface area (Å²) < 4.78 is 10.8. The Kier molecular flexibility index (Phi) is 1.43. The van der Waals surface area contributed by atoms with Crippen LogP contribution in [0.25, 0.3) is 0 Å². The van der Waals surface area contributed by atoms with Crippen molar-refractivity contribution in [1.82, 2.24) is 0 Å². The van der Waals surface area contributed by atoms with Gasteiger partial charge < -0.3 is 9.47 Å². The van der Waals surface area contributed by atoms with Gasteiger partial charge in [-0.15, -0.1) is 0 Å². The molecule has 0 N–H and O–H groups in total. The van der Waals surface area contributed by atoms with E-state index in [0.717, 1.165) is 0 Å². The van der Waals surface area contributed by atoms with Crippen molar-refractivity contribution in [3.63, 3.8) is 0 Å². The summed E-state index contributed by atoms with van der Waals surface area (Å²) in [4.78, 5) is 0. The summed E-state index contributed by atoms with van der Waals surface area (Å²) in [6.45, 7) is 0. The van der Waals surface area contributed by atoms with Gasteiger partial charge in [0.05, 0.1) is 18.3 Å². The van der Waals surface area contributed by atoms with Gasteiger partial charge in [-0.05, 0) is 11.6 Å². The Morgan fingerprint density at radius 3 is 2.69 bits per heavy atom.